The summed E-state index contributed by atoms with van der Waals surface area (Å²) >= 11 is 0. The number of nitriles is 1. The fraction of sp³-hybridized carbons (Fsp3) is 0.571. The van der Waals surface area contributed by atoms with E-state index in [1.54, 1.807) is 0 Å². The van der Waals surface area contributed by atoms with Gasteiger partial charge in [0.25, 0.3) is 5.92 Å². The summed E-state index contributed by atoms with van der Waals surface area (Å²) in [5, 5.41) is 25.9. The number of aromatic nitrogens is 4. The van der Waals surface area contributed by atoms with Crippen LogP contribution in [0.5, 0.6) is 5.88 Å². The third kappa shape index (κ3) is 6.20. The Bertz CT molecular complexity index is 975. The molecular formula is C21H27F2N7O2. The van der Waals surface area contributed by atoms with Crippen LogP contribution in [0, 0.1) is 16.7 Å². The molecule has 0 aromatic carbocycles. The number of hydrogen-bond acceptors (Lipinski definition) is 9. The van der Waals surface area contributed by atoms with E-state index in [4.69, 9.17) is 4.74 Å². The molecule has 3 rings (SSSR count). The van der Waals surface area contributed by atoms with E-state index in [0.29, 0.717) is 23.4 Å². The van der Waals surface area contributed by atoms with E-state index in [-0.39, 0.29) is 35.9 Å². The molecule has 0 bridgehead atoms. The molecule has 2 heterocycles. The molecule has 9 nitrogen and oxygen atoms in total. The largest absolute Gasteiger partial charge is 0.471 e. The zero-order valence-corrected chi connectivity index (χ0v) is 18.3. The quantitative estimate of drug-likeness (QED) is 0.559. The molecule has 32 heavy (non-hydrogen) atoms. The Morgan fingerprint density at radius 1 is 1.31 bits per heavy atom. The maximum atomic E-state index is 13.1. The molecule has 3 N–H and O–H groups in total. The lowest BCUT2D eigenvalue weighted by Crippen LogP contribution is -2.41. The Labute approximate surface area is 185 Å². The maximum absolute atomic E-state index is 13.1. The highest BCUT2D eigenvalue weighted by Gasteiger charge is 2.36. The highest BCUT2D eigenvalue weighted by molar-refractivity contribution is 5.54. The molecule has 172 valence electrons. The van der Waals surface area contributed by atoms with Crippen molar-refractivity contribution in [3.63, 3.8) is 0 Å². The van der Waals surface area contributed by atoms with Crippen LogP contribution in [0.15, 0.2) is 18.7 Å². The third-order valence-corrected chi connectivity index (χ3v) is 5.36. The van der Waals surface area contributed by atoms with Gasteiger partial charge in [-0.3, -0.25) is 0 Å². The van der Waals surface area contributed by atoms with E-state index in [9.17, 15) is 19.1 Å². The number of nitrogens with zero attached hydrogens (tertiary/aromatic N) is 5. The van der Waals surface area contributed by atoms with E-state index < -0.39 is 12.5 Å². The minimum atomic E-state index is -2.99. The smallest absolute Gasteiger partial charge is 0.278 e. The normalized spacial score (nSPS) is 20.3. The highest BCUT2D eigenvalue weighted by Crippen LogP contribution is 2.37. The number of halogens is 2. The van der Waals surface area contributed by atoms with Gasteiger partial charge in [-0.05, 0) is 24.7 Å². The molecule has 0 spiro atoms. The van der Waals surface area contributed by atoms with Crippen molar-refractivity contribution in [3.8, 4) is 11.9 Å². The van der Waals surface area contributed by atoms with E-state index in [1.165, 1.54) is 18.7 Å². The van der Waals surface area contributed by atoms with Crippen LogP contribution in [0.3, 0.4) is 0 Å². The summed E-state index contributed by atoms with van der Waals surface area (Å²) in [7, 11) is 0. The van der Waals surface area contributed by atoms with E-state index >= 15 is 0 Å². The van der Waals surface area contributed by atoms with Gasteiger partial charge < -0.3 is 20.5 Å². The highest BCUT2D eigenvalue weighted by atomic mass is 19.3. The Morgan fingerprint density at radius 2 is 2.09 bits per heavy atom. The van der Waals surface area contributed by atoms with Crippen LogP contribution in [0.4, 0.5) is 20.5 Å². The first-order valence-electron chi connectivity index (χ1n) is 10.3. The van der Waals surface area contributed by atoms with E-state index in [1.807, 2.05) is 13.8 Å². The second kappa shape index (κ2) is 9.56. The van der Waals surface area contributed by atoms with Crippen molar-refractivity contribution in [1.29, 1.82) is 5.26 Å². The van der Waals surface area contributed by atoms with Crippen molar-refractivity contribution in [2.24, 2.45) is 5.41 Å². The number of rotatable bonds is 8. The van der Waals surface area contributed by atoms with Crippen molar-refractivity contribution in [2.45, 2.75) is 64.6 Å². The zero-order chi connectivity index (χ0) is 23.4. The van der Waals surface area contributed by atoms with Crippen LogP contribution in [0.25, 0.3) is 0 Å². The molecule has 2 aromatic heterocycles. The molecule has 1 fully saturated rings. The van der Waals surface area contributed by atoms with Gasteiger partial charge in [-0.15, -0.1) is 0 Å². The lowest BCUT2D eigenvalue weighted by molar-refractivity contribution is -0.0245. The fourth-order valence-corrected chi connectivity index (χ4v) is 3.57. The Hall–Kier alpha value is -3.13. The second-order valence-corrected chi connectivity index (χ2v) is 8.76. The molecule has 2 atom stereocenters. The molecule has 1 aliphatic rings. The van der Waals surface area contributed by atoms with Crippen LogP contribution in [0.1, 0.15) is 51.2 Å². The SMILES string of the molecule is CC(F)(F)COc1ncncc1CNc1ncc(C#N)c(NC2CCC(O)C(C)(C)C2)n1. The molecule has 11 heteroatoms. The summed E-state index contributed by atoms with van der Waals surface area (Å²) in [5.41, 5.74) is 0.523. The van der Waals surface area contributed by atoms with Crippen LogP contribution in [-0.2, 0) is 6.54 Å². The molecule has 1 saturated carbocycles. The van der Waals surface area contributed by atoms with Gasteiger partial charge in [0.1, 0.15) is 23.8 Å². The predicted molar refractivity (Wildman–Crippen MR) is 113 cm³/mol. The maximum Gasteiger partial charge on any atom is 0.278 e. The van der Waals surface area contributed by atoms with Crippen molar-refractivity contribution in [2.75, 3.05) is 17.2 Å². The zero-order valence-electron chi connectivity index (χ0n) is 18.3. The number of hydrogen-bond donors (Lipinski definition) is 3. The third-order valence-electron chi connectivity index (χ3n) is 5.36. The summed E-state index contributed by atoms with van der Waals surface area (Å²) in [6.45, 7) is 4.13. The van der Waals surface area contributed by atoms with Gasteiger partial charge >= 0.3 is 0 Å². The molecule has 0 aliphatic heterocycles. The lowest BCUT2D eigenvalue weighted by Gasteiger charge is -2.40. The number of alkyl halides is 2. The van der Waals surface area contributed by atoms with Crippen LogP contribution in [-0.4, -0.2) is 49.7 Å². The number of anilines is 2. The molecule has 2 unspecified atom stereocenters. The molecule has 1 aliphatic carbocycles. The predicted octanol–water partition coefficient (Wildman–Crippen LogP) is 3.14. The van der Waals surface area contributed by atoms with Crippen molar-refractivity contribution in [3.05, 3.63) is 29.8 Å². The molecule has 0 amide bonds. The first kappa shape index (κ1) is 23.5. The van der Waals surface area contributed by atoms with E-state index in [2.05, 4.69) is 36.6 Å². The van der Waals surface area contributed by atoms with Gasteiger partial charge in [0.2, 0.25) is 11.8 Å². The van der Waals surface area contributed by atoms with Crippen LogP contribution >= 0.6 is 0 Å². The molecule has 0 saturated heterocycles. The number of aliphatic hydroxyl groups is 1. The van der Waals surface area contributed by atoms with Crippen LogP contribution in [0.2, 0.25) is 0 Å². The van der Waals surface area contributed by atoms with Crippen LogP contribution < -0.4 is 15.4 Å². The molecular weight excluding hydrogens is 420 g/mol. The minimum absolute atomic E-state index is 0.0454. The Kier molecular flexibility index (Phi) is 7.03. The van der Waals surface area contributed by atoms with E-state index in [0.717, 1.165) is 19.8 Å². The monoisotopic (exact) mass is 447 g/mol. The fourth-order valence-electron chi connectivity index (χ4n) is 3.57. The summed E-state index contributed by atoms with van der Waals surface area (Å²) in [6, 6.07) is 2.14. The number of nitrogens with one attached hydrogen (secondary N) is 2. The summed E-state index contributed by atoms with van der Waals surface area (Å²) < 4.78 is 31.4. The Balaban J connectivity index is 1.70. The van der Waals surface area contributed by atoms with Gasteiger partial charge in [0, 0.05) is 25.7 Å². The molecule has 2 aromatic rings. The Morgan fingerprint density at radius 3 is 2.78 bits per heavy atom. The van der Waals surface area contributed by atoms with Gasteiger partial charge in [-0.25, -0.2) is 23.7 Å². The van der Waals surface area contributed by atoms with Gasteiger partial charge in [0.05, 0.1) is 17.9 Å². The number of ether oxygens (including phenoxy) is 1. The number of aliphatic hydroxyl groups excluding tert-OH is 1. The van der Waals surface area contributed by atoms with Gasteiger partial charge in [-0.2, -0.15) is 10.2 Å². The summed E-state index contributed by atoms with van der Waals surface area (Å²) in [4.78, 5) is 16.4. The standard InChI is InChI=1S/C21H27F2N7O2/c1-20(2)6-15(4-5-16(20)31)29-17-13(7-24)9-26-19(30-17)27-10-14-8-25-12-28-18(14)32-11-21(3,22)23/h8-9,12,15-16,31H,4-6,10-11H2,1-3H3,(H2,26,27,29,30). The average Bonchev–Trinajstić information content (AvgIpc) is 2.73. The minimum Gasteiger partial charge on any atom is -0.471 e. The van der Waals surface area contributed by atoms with Crippen molar-refractivity contribution >= 4 is 11.8 Å². The molecule has 0 radical (unpaired) electrons. The lowest BCUT2D eigenvalue weighted by atomic mass is 9.73. The second-order valence-electron chi connectivity index (χ2n) is 8.76. The first-order valence-corrected chi connectivity index (χ1v) is 10.3. The summed E-state index contributed by atoms with van der Waals surface area (Å²) in [5.74, 6) is -2.30. The van der Waals surface area contributed by atoms with Gasteiger partial charge in [-0.1, -0.05) is 13.8 Å². The average molecular weight is 447 g/mol. The van der Waals surface area contributed by atoms with Crippen molar-refractivity contribution < 1.29 is 18.6 Å². The van der Waals surface area contributed by atoms with Crippen molar-refractivity contribution in [1.82, 2.24) is 19.9 Å². The first-order chi connectivity index (χ1) is 15.1. The van der Waals surface area contributed by atoms with Gasteiger partial charge in [0.15, 0.2) is 6.61 Å². The topological polar surface area (TPSA) is 129 Å². The summed E-state index contributed by atoms with van der Waals surface area (Å²) in [6.07, 6.45) is 5.88.